The molecule has 4 aliphatic rings. The van der Waals surface area contributed by atoms with Crippen LogP contribution in [0.15, 0.2) is 24.3 Å². The Morgan fingerprint density at radius 2 is 1.68 bits per heavy atom. The van der Waals surface area contributed by atoms with Crippen LogP contribution >= 0.6 is 0 Å². The quantitative estimate of drug-likeness (QED) is 0.771. The summed E-state index contributed by atoms with van der Waals surface area (Å²) in [5.74, 6) is 2.74. The van der Waals surface area contributed by atoms with Gasteiger partial charge in [0.1, 0.15) is 0 Å². The Balaban J connectivity index is 1.42. The van der Waals surface area contributed by atoms with E-state index in [1.165, 1.54) is 57.6 Å². The van der Waals surface area contributed by atoms with E-state index in [-0.39, 0.29) is 5.97 Å². The summed E-state index contributed by atoms with van der Waals surface area (Å²) >= 11 is 0. The molecular formula is C22H31NO2. The smallest absolute Gasteiger partial charge is 0.337 e. The minimum atomic E-state index is -0.264. The normalized spacial score (nSPS) is 34.1. The molecule has 4 aliphatic carbocycles. The van der Waals surface area contributed by atoms with Gasteiger partial charge in [0, 0.05) is 12.6 Å². The van der Waals surface area contributed by atoms with Gasteiger partial charge >= 0.3 is 5.97 Å². The number of benzene rings is 1. The van der Waals surface area contributed by atoms with Crippen LogP contribution in [0.3, 0.4) is 0 Å². The van der Waals surface area contributed by atoms with E-state index < -0.39 is 0 Å². The van der Waals surface area contributed by atoms with Crippen molar-refractivity contribution < 1.29 is 9.53 Å². The van der Waals surface area contributed by atoms with E-state index in [4.69, 9.17) is 4.74 Å². The zero-order valence-corrected chi connectivity index (χ0v) is 15.6. The highest BCUT2D eigenvalue weighted by Gasteiger charge is 2.53. The van der Waals surface area contributed by atoms with Crippen LogP contribution in [0.5, 0.6) is 0 Å². The molecule has 5 rings (SSSR count). The fraction of sp³-hybridized carbons (Fsp3) is 0.682. The lowest BCUT2D eigenvalue weighted by atomic mass is 9.47. The van der Waals surface area contributed by atoms with Gasteiger partial charge in [-0.2, -0.15) is 0 Å². The molecule has 4 saturated carbocycles. The molecule has 0 amide bonds. The Hall–Kier alpha value is -1.35. The lowest BCUT2D eigenvalue weighted by Crippen LogP contribution is -2.55. The SMILES string of the molecule is CCC(NCc1ccc(C(=O)OC)cc1)C12CC3CC(CC(C3)C1)C2. The number of hydrogen-bond acceptors (Lipinski definition) is 3. The molecule has 1 aromatic carbocycles. The van der Waals surface area contributed by atoms with Crippen molar-refractivity contribution in [1.29, 1.82) is 0 Å². The second-order valence-corrected chi connectivity index (χ2v) is 8.81. The molecule has 0 spiro atoms. The Kier molecular flexibility index (Phi) is 4.61. The first kappa shape index (κ1) is 17.1. The standard InChI is InChI=1S/C22H31NO2/c1-3-20(22-11-16-8-17(12-22)10-18(9-16)13-22)23-14-15-4-6-19(7-5-15)21(24)25-2/h4-7,16-18,20,23H,3,8-14H2,1-2H3. The maximum Gasteiger partial charge on any atom is 0.337 e. The number of carbonyl (C=O) groups excluding carboxylic acids is 1. The first-order valence-electron chi connectivity index (χ1n) is 10.0. The molecule has 136 valence electrons. The van der Waals surface area contributed by atoms with Gasteiger partial charge in [0.15, 0.2) is 0 Å². The van der Waals surface area contributed by atoms with E-state index in [9.17, 15) is 4.79 Å². The summed E-state index contributed by atoms with van der Waals surface area (Å²) in [5.41, 5.74) is 2.42. The van der Waals surface area contributed by atoms with E-state index in [0.29, 0.717) is 17.0 Å². The number of nitrogens with one attached hydrogen (secondary N) is 1. The topological polar surface area (TPSA) is 38.3 Å². The number of rotatable bonds is 6. The summed E-state index contributed by atoms with van der Waals surface area (Å²) in [5, 5.41) is 3.89. The molecule has 1 N–H and O–H groups in total. The Bertz CT molecular complexity index is 586. The molecule has 1 unspecified atom stereocenters. The van der Waals surface area contributed by atoms with Crippen LogP contribution in [0.1, 0.15) is 67.8 Å². The third kappa shape index (κ3) is 3.23. The molecule has 0 saturated heterocycles. The summed E-state index contributed by atoms with van der Waals surface area (Å²) in [6.45, 7) is 3.23. The molecule has 3 heteroatoms. The van der Waals surface area contributed by atoms with Crippen LogP contribution in [0, 0.1) is 23.2 Å². The van der Waals surface area contributed by atoms with Gasteiger partial charge in [0.25, 0.3) is 0 Å². The van der Waals surface area contributed by atoms with Gasteiger partial charge in [-0.1, -0.05) is 19.1 Å². The van der Waals surface area contributed by atoms with Gasteiger partial charge in [-0.3, -0.25) is 0 Å². The summed E-state index contributed by atoms with van der Waals surface area (Å²) < 4.78 is 4.77. The minimum absolute atomic E-state index is 0.264. The molecule has 0 radical (unpaired) electrons. The highest BCUT2D eigenvalue weighted by atomic mass is 16.5. The molecule has 1 aromatic rings. The van der Waals surface area contributed by atoms with Crippen molar-refractivity contribution in [1.82, 2.24) is 5.32 Å². The highest BCUT2D eigenvalue weighted by molar-refractivity contribution is 5.89. The molecule has 25 heavy (non-hydrogen) atoms. The van der Waals surface area contributed by atoms with Crippen LogP contribution in [0.2, 0.25) is 0 Å². The van der Waals surface area contributed by atoms with Gasteiger partial charge in [-0.05, 0) is 85.8 Å². The van der Waals surface area contributed by atoms with Crippen molar-refractivity contribution in [3.05, 3.63) is 35.4 Å². The fourth-order valence-corrected chi connectivity index (χ4v) is 6.52. The van der Waals surface area contributed by atoms with Gasteiger partial charge in [-0.25, -0.2) is 4.79 Å². The number of hydrogen-bond donors (Lipinski definition) is 1. The lowest BCUT2D eigenvalue weighted by molar-refractivity contribution is -0.0747. The van der Waals surface area contributed by atoms with Crippen LogP contribution < -0.4 is 5.32 Å². The summed E-state index contributed by atoms with van der Waals surface area (Å²) in [4.78, 5) is 11.6. The monoisotopic (exact) mass is 341 g/mol. The van der Waals surface area contributed by atoms with Gasteiger partial charge < -0.3 is 10.1 Å². The zero-order valence-electron chi connectivity index (χ0n) is 15.6. The maximum absolute atomic E-state index is 11.6. The minimum Gasteiger partial charge on any atom is -0.465 e. The van der Waals surface area contributed by atoms with E-state index in [1.807, 2.05) is 24.3 Å². The van der Waals surface area contributed by atoms with E-state index >= 15 is 0 Å². The van der Waals surface area contributed by atoms with Gasteiger partial charge in [-0.15, -0.1) is 0 Å². The van der Waals surface area contributed by atoms with Crippen LogP contribution in [-0.4, -0.2) is 19.1 Å². The van der Waals surface area contributed by atoms with Crippen molar-refractivity contribution in [3.8, 4) is 0 Å². The average Bonchev–Trinajstić information content (AvgIpc) is 2.61. The third-order valence-corrected chi connectivity index (χ3v) is 7.16. The number of carbonyl (C=O) groups is 1. The summed E-state index contributed by atoms with van der Waals surface area (Å²) in [6, 6.07) is 8.46. The number of methoxy groups -OCH3 is 1. The number of ether oxygens (including phenoxy) is 1. The molecule has 1 atom stereocenters. The lowest BCUT2D eigenvalue weighted by Gasteiger charge is -2.59. The van der Waals surface area contributed by atoms with Crippen molar-refractivity contribution in [2.24, 2.45) is 23.2 Å². The molecule has 3 nitrogen and oxygen atoms in total. The Labute approximate surface area is 151 Å². The largest absolute Gasteiger partial charge is 0.465 e. The van der Waals surface area contributed by atoms with Gasteiger partial charge in [0.05, 0.1) is 12.7 Å². The van der Waals surface area contributed by atoms with Crippen LogP contribution in [0.25, 0.3) is 0 Å². The molecule has 0 aliphatic heterocycles. The summed E-state index contributed by atoms with van der Waals surface area (Å²) in [6.07, 6.45) is 10.1. The molecular weight excluding hydrogens is 310 g/mol. The average molecular weight is 341 g/mol. The fourth-order valence-electron chi connectivity index (χ4n) is 6.52. The van der Waals surface area contributed by atoms with Crippen LogP contribution in [-0.2, 0) is 11.3 Å². The predicted molar refractivity (Wildman–Crippen MR) is 99.3 cm³/mol. The summed E-state index contributed by atoms with van der Waals surface area (Å²) in [7, 11) is 1.43. The third-order valence-electron chi connectivity index (χ3n) is 7.16. The molecule has 0 aromatic heterocycles. The Morgan fingerprint density at radius 3 is 2.16 bits per heavy atom. The first-order chi connectivity index (χ1) is 12.1. The van der Waals surface area contributed by atoms with Crippen molar-refractivity contribution in [2.45, 2.75) is 64.5 Å². The van der Waals surface area contributed by atoms with Crippen molar-refractivity contribution >= 4 is 5.97 Å². The number of esters is 1. The van der Waals surface area contributed by atoms with E-state index in [0.717, 1.165) is 24.3 Å². The second kappa shape index (κ2) is 6.75. The molecule has 0 heterocycles. The van der Waals surface area contributed by atoms with Crippen LogP contribution in [0.4, 0.5) is 0 Å². The highest BCUT2D eigenvalue weighted by Crippen LogP contribution is 2.61. The Morgan fingerprint density at radius 1 is 1.12 bits per heavy atom. The van der Waals surface area contributed by atoms with E-state index in [1.54, 1.807) is 0 Å². The predicted octanol–water partition coefficient (Wildman–Crippen LogP) is 4.56. The van der Waals surface area contributed by atoms with Crippen molar-refractivity contribution in [2.75, 3.05) is 7.11 Å². The molecule has 4 fully saturated rings. The van der Waals surface area contributed by atoms with Crippen molar-refractivity contribution in [3.63, 3.8) is 0 Å². The van der Waals surface area contributed by atoms with E-state index in [2.05, 4.69) is 12.2 Å². The maximum atomic E-state index is 11.6. The molecule has 4 bridgehead atoms. The van der Waals surface area contributed by atoms with Gasteiger partial charge in [0.2, 0.25) is 0 Å². The second-order valence-electron chi connectivity index (χ2n) is 8.81. The first-order valence-corrected chi connectivity index (χ1v) is 10.0. The zero-order chi connectivity index (χ0) is 17.4.